The van der Waals surface area contributed by atoms with Crippen LogP contribution >= 0.6 is 0 Å². The van der Waals surface area contributed by atoms with Crippen LogP contribution in [-0.2, 0) is 4.74 Å². The minimum Gasteiger partial charge on any atom is -0.378 e. The van der Waals surface area contributed by atoms with E-state index in [0.717, 1.165) is 38.0 Å². The fraction of sp³-hybridized carbons (Fsp3) is 1.00. The number of hydrogen-bond donors (Lipinski definition) is 1. The molecule has 1 N–H and O–H groups in total. The Labute approximate surface area is 114 Å². The molecule has 0 amide bonds. The molecule has 0 aromatic carbocycles. The van der Waals surface area contributed by atoms with E-state index in [4.69, 9.17) is 4.74 Å². The van der Waals surface area contributed by atoms with Gasteiger partial charge in [-0.25, -0.2) is 0 Å². The smallest absolute Gasteiger partial charge is 0.0575 e. The highest BCUT2D eigenvalue weighted by molar-refractivity contribution is 4.65. The lowest BCUT2D eigenvalue weighted by atomic mass is 9.98. The van der Waals surface area contributed by atoms with Gasteiger partial charge in [-0.15, -0.1) is 0 Å². The van der Waals surface area contributed by atoms with E-state index in [9.17, 15) is 0 Å². The fourth-order valence-electron chi connectivity index (χ4n) is 2.92. The highest BCUT2D eigenvalue weighted by Crippen LogP contribution is 2.20. The van der Waals surface area contributed by atoms with E-state index in [0.29, 0.717) is 6.10 Å². The summed E-state index contributed by atoms with van der Waals surface area (Å²) < 4.78 is 5.91. The van der Waals surface area contributed by atoms with Crippen LogP contribution in [-0.4, -0.2) is 25.8 Å². The molecular weight excluding hydrogens is 222 g/mol. The maximum Gasteiger partial charge on any atom is 0.0575 e. The number of rotatable bonds is 9. The first-order valence-electron chi connectivity index (χ1n) is 8.00. The predicted octanol–water partition coefficient (Wildman–Crippen LogP) is 4.00. The Morgan fingerprint density at radius 1 is 1.11 bits per heavy atom. The summed E-state index contributed by atoms with van der Waals surface area (Å²) in [7, 11) is 0. The summed E-state index contributed by atoms with van der Waals surface area (Å²) in [6.07, 6.45) is 9.79. The van der Waals surface area contributed by atoms with E-state index in [1.54, 1.807) is 0 Å². The quantitative estimate of drug-likeness (QED) is 0.629. The van der Waals surface area contributed by atoms with Crippen LogP contribution in [0.2, 0.25) is 0 Å². The number of nitrogens with one attached hydrogen (secondary N) is 1. The van der Waals surface area contributed by atoms with Crippen molar-refractivity contribution in [1.82, 2.24) is 5.32 Å². The van der Waals surface area contributed by atoms with Gasteiger partial charge >= 0.3 is 0 Å². The molecule has 18 heavy (non-hydrogen) atoms. The summed E-state index contributed by atoms with van der Waals surface area (Å²) in [5.41, 5.74) is 0. The summed E-state index contributed by atoms with van der Waals surface area (Å²) >= 11 is 0. The van der Waals surface area contributed by atoms with Crippen LogP contribution < -0.4 is 5.32 Å². The van der Waals surface area contributed by atoms with Crippen molar-refractivity contribution in [2.24, 2.45) is 11.8 Å². The summed E-state index contributed by atoms with van der Waals surface area (Å²) in [5.74, 6) is 1.61. The van der Waals surface area contributed by atoms with Crippen molar-refractivity contribution < 1.29 is 4.74 Å². The summed E-state index contributed by atoms with van der Waals surface area (Å²) in [4.78, 5) is 0. The molecule has 0 spiro atoms. The first kappa shape index (κ1) is 16.0. The van der Waals surface area contributed by atoms with Gasteiger partial charge in [-0.3, -0.25) is 0 Å². The maximum absolute atomic E-state index is 5.91. The Hall–Kier alpha value is -0.0800. The van der Waals surface area contributed by atoms with Gasteiger partial charge in [-0.1, -0.05) is 40.0 Å². The average molecular weight is 255 g/mol. The van der Waals surface area contributed by atoms with Crippen molar-refractivity contribution in [3.63, 3.8) is 0 Å². The van der Waals surface area contributed by atoms with Gasteiger partial charge in [0.1, 0.15) is 0 Å². The minimum absolute atomic E-state index is 0.568. The molecule has 0 aliphatic heterocycles. The van der Waals surface area contributed by atoms with Gasteiger partial charge in [0.15, 0.2) is 0 Å². The molecule has 2 heteroatoms. The zero-order valence-electron chi connectivity index (χ0n) is 12.7. The Bertz CT molecular complexity index is 188. The van der Waals surface area contributed by atoms with E-state index < -0.39 is 0 Å². The van der Waals surface area contributed by atoms with Crippen molar-refractivity contribution in [3.05, 3.63) is 0 Å². The number of ether oxygens (including phenoxy) is 1. The summed E-state index contributed by atoms with van der Waals surface area (Å²) in [5, 5.41) is 3.55. The third kappa shape index (κ3) is 8.10. The van der Waals surface area contributed by atoms with Gasteiger partial charge in [0.25, 0.3) is 0 Å². The molecule has 1 atom stereocenters. The van der Waals surface area contributed by atoms with E-state index >= 15 is 0 Å². The molecule has 1 aliphatic rings. The van der Waals surface area contributed by atoms with E-state index in [2.05, 4.69) is 26.1 Å². The summed E-state index contributed by atoms with van der Waals surface area (Å²) in [6, 6.07) is 0. The zero-order valence-corrected chi connectivity index (χ0v) is 12.7. The van der Waals surface area contributed by atoms with Gasteiger partial charge in [0.05, 0.1) is 6.10 Å². The molecule has 0 bridgehead atoms. The second kappa shape index (κ2) is 9.80. The fourth-order valence-corrected chi connectivity index (χ4v) is 2.92. The highest BCUT2D eigenvalue weighted by Gasteiger charge is 2.12. The first-order chi connectivity index (χ1) is 8.68. The molecule has 1 rings (SSSR count). The molecule has 0 aromatic rings. The Morgan fingerprint density at radius 3 is 2.50 bits per heavy atom. The highest BCUT2D eigenvalue weighted by atomic mass is 16.5. The number of hydrogen-bond acceptors (Lipinski definition) is 2. The molecule has 0 aromatic heterocycles. The molecule has 108 valence electrons. The molecule has 1 unspecified atom stereocenters. The van der Waals surface area contributed by atoms with Crippen molar-refractivity contribution in [2.45, 2.75) is 71.8 Å². The van der Waals surface area contributed by atoms with Gasteiger partial charge in [0, 0.05) is 6.61 Å². The Balaban J connectivity index is 1.86. The monoisotopic (exact) mass is 255 g/mol. The third-order valence-electron chi connectivity index (χ3n) is 3.77. The van der Waals surface area contributed by atoms with Crippen LogP contribution in [0.3, 0.4) is 0 Å². The Kier molecular flexibility index (Phi) is 8.70. The molecule has 1 fully saturated rings. The molecule has 1 aliphatic carbocycles. The normalized spacial score (nSPS) is 19.3. The van der Waals surface area contributed by atoms with E-state index in [1.807, 2.05) is 0 Å². The lowest BCUT2D eigenvalue weighted by Crippen LogP contribution is -2.25. The van der Waals surface area contributed by atoms with Crippen LogP contribution in [0.5, 0.6) is 0 Å². The molecule has 0 saturated heterocycles. The van der Waals surface area contributed by atoms with E-state index in [1.165, 1.54) is 38.5 Å². The Morgan fingerprint density at radius 2 is 1.83 bits per heavy atom. The average Bonchev–Trinajstić information content (AvgIpc) is 2.34. The molecule has 0 heterocycles. The van der Waals surface area contributed by atoms with Crippen LogP contribution in [0.1, 0.15) is 65.7 Å². The van der Waals surface area contributed by atoms with Crippen LogP contribution in [0, 0.1) is 11.8 Å². The second-order valence-corrected chi connectivity index (χ2v) is 6.42. The van der Waals surface area contributed by atoms with Crippen LogP contribution in [0.4, 0.5) is 0 Å². The molecule has 0 radical (unpaired) electrons. The standard InChI is InChI=1S/C16H33NO/c1-14(2)12-15(3)13-17-10-7-11-18-16-8-5-4-6-9-16/h14-17H,4-13H2,1-3H3. The lowest BCUT2D eigenvalue weighted by Gasteiger charge is -2.22. The van der Waals surface area contributed by atoms with Gasteiger partial charge in [0.2, 0.25) is 0 Å². The zero-order chi connectivity index (χ0) is 13.2. The van der Waals surface area contributed by atoms with Crippen LogP contribution in [0.15, 0.2) is 0 Å². The lowest BCUT2D eigenvalue weighted by molar-refractivity contribution is 0.0272. The minimum atomic E-state index is 0.568. The molecular formula is C16H33NO. The van der Waals surface area contributed by atoms with Crippen molar-refractivity contribution in [2.75, 3.05) is 19.7 Å². The van der Waals surface area contributed by atoms with Gasteiger partial charge in [-0.2, -0.15) is 0 Å². The third-order valence-corrected chi connectivity index (χ3v) is 3.77. The van der Waals surface area contributed by atoms with Crippen molar-refractivity contribution in [3.8, 4) is 0 Å². The van der Waals surface area contributed by atoms with Gasteiger partial charge < -0.3 is 10.1 Å². The second-order valence-electron chi connectivity index (χ2n) is 6.42. The van der Waals surface area contributed by atoms with Gasteiger partial charge in [-0.05, 0) is 50.6 Å². The van der Waals surface area contributed by atoms with Crippen molar-refractivity contribution in [1.29, 1.82) is 0 Å². The topological polar surface area (TPSA) is 21.3 Å². The van der Waals surface area contributed by atoms with Crippen molar-refractivity contribution >= 4 is 0 Å². The SMILES string of the molecule is CC(C)CC(C)CNCCCOC1CCCCC1. The first-order valence-corrected chi connectivity index (χ1v) is 8.00. The van der Waals surface area contributed by atoms with Crippen LogP contribution in [0.25, 0.3) is 0 Å². The largest absolute Gasteiger partial charge is 0.378 e. The predicted molar refractivity (Wildman–Crippen MR) is 78.9 cm³/mol. The maximum atomic E-state index is 5.91. The van der Waals surface area contributed by atoms with E-state index in [-0.39, 0.29) is 0 Å². The molecule has 2 nitrogen and oxygen atoms in total. The molecule has 1 saturated carbocycles. The summed E-state index contributed by atoms with van der Waals surface area (Å²) in [6.45, 7) is 10.1.